The van der Waals surface area contributed by atoms with Gasteiger partial charge in [-0.3, -0.25) is 4.90 Å². The van der Waals surface area contributed by atoms with E-state index in [4.69, 9.17) is 14.6 Å². The quantitative estimate of drug-likeness (QED) is 0.294. The van der Waals surface area contributed by atoms with E-state index in [1.165, 1.54) is 30.6 Å². The average molecular weight is 619 g/mol. The Bertz CT molecular complexity index is 1550. The van der Waals surface area contributed by atoms with E-state index in [1.54, 1.807) is 6.07 Å². The van der Waals surface area contributed by atoms with Crippen LogP contribution in [-0.4, -0.2) is 71.8 Å². The number of nitrogens with two attached hydrogens (primary N) is 1. The predicted molar refractivity (Wildman–Crippen MR) is 163 cm³/mol. The molecule has 12 heteroatoms. The molecule has 0 amide bonds. The van der Waals surface area contributed by atoms with Crippen LogP contribution in [0.15, 0.2) is 41.3 Å². The summed E-state index contributed by atoms with van der Waals surface area (Å²) in [4.78, 5) is 3.10. The summed E-state index contributed by atoms with van der Waals surface area (Å²) in [6.45, 7) is 3.82. The Morgan fingerprint density at radius 1 is 1.14 bits per heavy atom. The fourth-order valence-electron chi connectivity index (χ4n) is 5.75. The first-order chi connectivity index (χ1) is 20.2. The minimum absolute atomic E-state index is 0.0625. The first-order valence-corrected chi connectivity index (χ1v) is 16.4. The molecule has 8 nitrogen and oxygen atoms in total. The second-order valence-corrected chi connectivity index (χ2v) is 13.1. The third-order valence-corrected chi connectivity index (χ3v) is 9.97. The number of rotatable bonds is 9. The predicted octanol–water partition coefficient (Wildman–Crippen LogP) is 4.88. The molecule has 0 spiro atoms. The second kappa shape index (κ2) is 13.6. The minimum atomic E-state index is -3.87. The maximum Gasteiger partial charge on any atom is 0.242 e. The lowest BCUT2D eigenvalue weighted by Gasteiger charge is -2.39. The molecule has 0 atom stereocenters. The molecule has 226 valence electrons. The van der Waals surface area contributed by atoms with Gasteiger partial charge in [-0.1, -0.05) is 24.0 Å². The van der Waals surface area contributed by atoms with Gasteiger partial charge in [0, 0.05) is 37.7 Å². The number of morpholine rings is 1. The van der Waals surface area contributed by atoms with Crippen LogP contribution >= 0.6 is 11.3 Å². The van der Waals surface area contributed by atoms with Gasteiger partial charge >= 0.3 is 0 Å². The molecule has 0 unspecified atom stereocenters. The van der Waals surface area contributed by atoms with Crippen molar-refractivity contribution >= 4 is 42.8 Å². The smallest absolute Gasteiger partial charge is 0.242 e. The van der Waals surface area contributed by atoms with Crippen molar-refractivity contribution in [1.82, 2.24) is 4.90 Å². The van der Waals surface area contributed by atoms with Crippen LogP contribution < -0.4 is 20.5 Å². The van der Waals surface area contributed by atoms with E-state index in [0.29, 0.717) is 34.0 Å². The van der Waals surface area contributed by atoms with Crippen LogP contribution in [-0.2, 0) is 21.2 Å². The van der Waals surface area contributed by atoms with Gasteiger partial charge in [-0.05, 0) is 54.8 Å². The van der Waals surface area contributed by atoms with Gasteiger partial charge in [0.05, 0.1) is 52.7 Å². The van der Waals surface area contributed by atoms with Gasteiger partial charge in [0.2, 0.25) is 16.4 Å². The number of nitrogens with one attached hydrogen (secondary N) is 2. The van der Waals surface area contributed by atoms with E-state index >= 15 is 0 Å². The highest BCUT2D eigenvalue weighted by molar-refractivity contribution is 7.89. The SMILES string of the molecule is COc1cc(S(N)(=O)=O)ccc1NCC#Cc1sc2c(NC3CCC(N4CCOCC4)CC3)cccc2c1CC(F)F. The zero-order chi connectivity index (χ0) is 29.7. The number of thiophene rings is 1. The Hall–Kier alpha value is -2.95. The standard InChI is InChI=1S/C30H36F2N4O4S2/c1-39-27-18-22(42(33,37)38)11-12-25(27)34-13-3-6-28-24(19-29(31)32)23-4-2-5-26(30(23)41-28)35-20-7-9-21(10-8-20)36-14-16-40-17-15-36/h2,4-5,11-12,18,20-21,29,34-35H,7-10,13-17,19H2,1H3,(H2,33,37,38). The van der Waals surface area contributed by atoms with Crippen molar-refractivity contribution in [3.63, 3.8) is 0 Å². The number of alkyl halides is 2. The molecule has 2 aromatic carbocycles. The normalized spacial score (nSPS) is 19.8. The van der Waals surface area contributed by atoms with Crippen LogP contribution in [0.4, 0.5) is 20.2 Å². The van der Waals surface area contributed by atoms with Crippen LogP contribution in [0.3, 0.4) is 0 Å². The van der Waals surface area contributed by atoms with Crippen molar-refractivity contribution in [2.24, 2.45) is 5.14 Å². The van der Waals surface area contributed by atoms with Crippen molar-refractivity contribution in [2.45, 2.75) is 55.5 Å². The monoisotopic (exact) mass is 618 g/mol. The molecule has 1 saturated heterocycles. The maximum atomic E-state index is 13.6. The number of methoxy groups -OCH3 is 1. The van der Waals surface area contributed by atoms with Gasteiger partial charge in [0.1, 0.15) is 5.75 Å². The molecule has 4 N–H and O–H groups in total. The summed E-state index contributed by atoms with van der Waals surface area (Å²) in [6.07, 6.45) is 1.53. The largest absolute Gasteiger partial charge is 0.495 e. The lowest BCUT2D eigenvalue weighted by atomic mass is 9.89. The molecule has 1 aliphatic carbocycles. The van der Waals surface area contributed by atoms with Gasteiger partial charge in [0.25, 0.3) is 0 Å². The maximum absolute atomic E-state index is 13.6. The molecule has 0 radical (unpaired) electrons. The number of fused-ring (bicyclic) bond motifs is 1. The van der Waals surface area contributed by atoms with E-state index < -0.39 is 16.4 Å². The summed E-state index contributed by atoms with van der Waals surface area (Å²) < 4.78 is 62.3. The molecule has 2 heterocycles. The van der Waals surface area contributed by atoms with E-state index in [0.717, 1.165) is 67.8 Å². The van der Waals surface area contributed by atoms with E-state index in [1.807, 2.05) is 18.2 Å². The van der Waals surface area contributed by atoms with E-state index in [9.17, 15) is 17.2 Å². The third kappa shape index (κ3) is 7.33. The van der Waals surface area contributed by atoms with Crippen molar-refractivity contribution in [3.8, 4) is 17.6 Å². The number of hydrogen-bond acceptors (Lipinski definition) is 8. The molecule has 2 fully saturated rings. The summed E-state index contributed by atoms with van der Waals surface area (Å²) in [5.74, 6) is 6.43. The number of anilines is 2. The number of primary sulfonamides is 1. The molecule has 1 aliphatic heterocycles. The molecule has 0 bridgehead atoms. The Morgan fingerprint density at radius 3 is 2.60 bits per heavy atom. The lowest BCUT2D eigenvalue weighted by Crippen LogP contribution is -2.46. The van der Waals surface area contributed by atoms with E-state index in [2.05, 4.69) is 27.4 Å². The fraction of sp³-hybridized carbons (Fsp3) is 0.467. The Morgan fingerprint density at radius 2 is 1.90 bits per heavy atom. The van der Waals surface area contributed by atoms with Crippen LogP contribution in [0.5, 0.6) is 5.75 Å². The zero-order valence-corrected chi connectivity index (χ0v) is 25.1. The number of benzene rings is 2. The van der Waals surface area contributed by atoms with Gasteiger partial charge in [0.15, 0.2) is 0 Å². The molecular formula is C30H36F2N4O4S2. The van der Waals surface area contributed by atoms with Gasteiger partial charge in [-0.25, -0.2) is 22.3 Å². The first-order valence-electron chi connectivity index (χ1n) is 14.1. The summed E-state index contributed by atoms with van der Waals surface area (Å²) in [7, 11) is -2.44. The number of sulfonamides is 1. The van der Waals surface area contributed by atoms with Crippen molar-refractivity contribution in [1.29, 1.82) is 0 Å². The van der Waals surface area contributed by atoms with E-state index in [-0.39, 0.29) is 17.9 Å². The fourth-order valence-corrected chi connectivity index (χ4v) is 7.46. The Labute approximate surface area is 249 Å². The van der Waals surface area contributed by atoms with Crippen LogP contribution in [0.2, 0.25) is 0 Å². The van der Waals surface area contributed by atoms with Crippen molar-refractivity contribution in [2.75, 3.05) is 50.6 Å². The summed E-state index contributed by atoms with van der Waals surface area (Å²) in [5, 5.41) is 12.8. The summed E-state index contributed by atoms with van der Waals surface area (Å²) in [5.41, 5.74) is 2.07. The Balaban J connectivity index is 1.30. The van der Waals surface area contributed by atoms with Crippen LogP contribution in [0, 0.1) is 11.8 Å². The zero-order valence-electron chi connectivity index (χ0n) is 23.5. The topological polar surface area (TPSA) is 106 Å². The first kappa shape index (κ1) is 30.5. The highest BCUT2D eigenvalue weighted by atomic mass is 32.2. The molecule has 5 rings (SSSR count). The lowest BCUT2D eigenvalue weighted by molar-refractivity contribution is 0.00791. The molecule has 3 aromatic rings. The molecule has 2 aliphatic rings. The van der Waals surface area contributed by atoms with Crippen LogP contribution in [0.25, 0.3) is 10.1 Å². The molecular weight excluding hydrogens is 582 g/mol. The highest BCUT2D eigenvalue weighted by Gasteiger charge is 2.27. The molecule has 42 heavy (non-hydrogen) atoms. The van der Waals surface area contributed by atoms with Crippen molar-refractivity contribution in [3.05, 3.63) is 46.8 Å². The number of hydrogen-bond donors (Lipinski definition) is 3. The summed E-state index contributed by atoms with van der Waals surface area (Å²) >= 11 is 1.44. The number of ether oxygens (including phenoxy) is 2. The number of nitrogens with zero attached hydrogens (tertiary/aromatic N) is 1. The average Bonchev–Trinajstić information content (AvgIpc) is 3.33. The van der Waals surface area contributed by atoms with Gasteiger partial charge in [-0.15, -0.1) is 11.3 Å². The number of halogens is 2. The molecule has 1 aromatic heterocycles. The van der Waals surface area contributed by atoms with Crippen molar-refractivity contribution < 1.29 is 26.7 Å². The Kier molecular flexibility index (Phi) is 9.85. The second-order valence-electron chi connectivity index (χ2n) is 10.5. The van der Waals surface area contributed by atoms with Gasteiger partial charge in [-0.2, -0.15) is 0 Å². The van der Waals surface area contributed by atoms with Gasteiger partial charge < -0.3 is 20.1 Å². The van der Waals surface area contributed by atoms with Crippen LogP contribution in [0.1, 0.15) is 36.1 Å². The summed E-state index contributed by atoms with van der Waals surface area (Å²) in [6, 6.07) is 11.0. The minimum Gasteiger partial charge on any atom is -0.495 e. The highest BCUT2D eigenvalue weighted by Crippen LogP contribution is 2.38. The molecule has 1 saturated carbocycles. The third-order valence-electron chi connectivity index (χ3n) is 7.87.